The summed E-state index contributed by atoms with van der Waals surface area (Å²) in [5.74, 6) is -3.24. The second-order valence-corrected chi connectivity index (χ2v) is 8.40. The van der Waals surface area contributed by atoms with Gasteiger partial charge < -0.3 is 28.7 Å². The van der Waals surface area contributed by atoms with Gasteiger partial charge in [-0.25, -0.2) is 9.97 Å². The monoisotopic (exact) mass is 539 g/mol. The van der Waals surface area contributed by atoms with E-state index in [9.17, 15) is 24.0 Å². The Morgan fingerprint density at radius 2 is 1.57 bits per heavy atom. The third-order valence-corrected chi connectivity index (χ3v) is 5.27. The third-order valence-electron chi connectivity index (χ3n) is 4.98. The molecule has 3 rings (SSSR count). The van der Waals surface area contributed by atoms with Crippen molar-refractivity contribution in [2.45, 2.75) is 65.3 Å². The van der Waals surface area contributed by atoms with Gasteiger partial charge in [-0.1, -0.05) is 12.2 Å². The number of imidazole rings is 1. The first-order chi connectivity index (χ1) is 17.4. The molecular formula is C21H25N5O10S. The van der Waals surface area contributed by atoms with Crippen molar-refractivity contribution in [3.05, 3.63) is 11.0 Å². The standard InChI is InChI=1S/C21H25N5O10S/c1-8(27)23-21-24-18-14(19(37)25-21)26(7-22-18)20-17(35-12(5)31)16(34-11(4)30)15(33-10(3)29)13(36-20)6-32-9(2)28/h7,13,15-17,20H,6H2,1-5H3,(H2,23,24,25,27,37)/t13-,15-,16+,17-,20-/m1/s1. The highest BCUT2D eigenvalue weighted by atomic mass is 32.1. The zero-order valence-electron chi connectivity index (χ0n) is 20.5. The van der Waals surface area contributed by atoms with E-state index in [1.807, 2.05) is 0 Å². The summed E-state index contributed by atoms with van der Waals surface area (Å²) < 4.78 is 28.9. The van der Waals surface area contributed by atoms with Crippen LogP contribution >= 0.6 is 12.2 Å². The summed E-state index contributed by atoms with van der Waals surface area (Å²) in [4.78, 5) is 70.1. The lowest BCUT2D eigenvalue weighted by Gasteiger charge is -2.44. The maximum atomic E-state index is 12.1. The fourth-order valence-corrected chi connectivity index (χ4v) is 4.10. The van der Waals surface area contributed by atoms with Crippen molar-refractivity contribution in [2.75, 3.05) is 11.9 Å². The average molecular weight is 540 g/mol. The third kappa shape index (κ3) is 6.65. The Hall–Kier alpha value is -3.92. The lowest BCUT2D eigenvalue weighted by atomic mass is 9.97. The predicted octanol–water partition coefficient (Wildman–Crippen LogP) is 0.703. The molecule has 1 saturated heterocycles. The first-order valence-corrected chi connectivity index (χ1v) is 11.3. The van der Waals surface area contributed by atoms with Gasteiger partial charge in [-0.2, -0.15) is 0 Å². The van der Waals surface area contributed by atoms with Crippen LogP contribution in [0.4, 0.5) is 5.95 Å². The van der Waals surface area contributed by atoms with Gasteiger partial charge in [0.15, 0.2) is 34.8 Å². The Balaban J connectivity index is 2.16. The highest BCUT2D eigenvalue weighted by Crippen LogP contribution is 2.36. The lowest BCUT2D eigenvalue weighted by molar-refractivity contribution is -0.267. The Bertz CT molecular complexity index is 1290. The van der Waals surface area contributed by atoms with Crippen LogP contribution in [-0.4, -0.2) is 80.3 Å². The molecule has 0 aromatic carbocycles. The Morgan fingerprint density at radius 1 is 0.973 bits per heavy atom. The van der Waals surface area contributed by atoms with Crippen LogP contribution in [0.2, 0.25) is 0 Å². The second kappa shape index (κ2) is 11.4. The molecule has 0 aliphatic carbocycles. The minimum Gasteiger partial charge on any atom is -0.463 e. The van der Waals surface area contributed by atoms with Crippen LogP contribution in [0.15, 0.2) is 6.33 Å². The van der Waals surface area contributed by atoms with Crippen molar-refractivity contribution in [1.29, 1.82) is 0 Å². The fourth-order valence-electron chi connectivity index (χ4n) is 3.81. The minimum atomic E-state index is -1.37. The summed E-state index contributed by atoms with van der Waals surface area (Å²) in [7, 11) is 0. The van der Waals surface area contributed by atoms with Gasteiger partial charge in [0.05, 0.1) is 6.33 Å². The number of amides is 1. The molecule has 37 heavy (non-hydrogen) atoms. The lowest BCUT2D eigenvalue weighted by Crippen LogP contribution is -2.60. The number of esters is 4. The van der Waals surface area contributed by atoms with E-state index in [2.05, 4.69) is 20.3 Å². The SMILES string of the molecule is CC(=O)Nc1nc(=S)c2c(ncn2[C@@H]2O[C@H](COC(C)=O)[C@@H](OC(C)=O)[C@H](OC(C)=O)[C@H]2OC(C)=O)[nH]1. The average Bonchev–Trinajstić information content (AvgIpc) is 3.18. The van der Waals surface area contributed by atoms with Gasteiger partial charge in [0, 0.05) is 34.6 Å². The number of hydrogen-bond acceptors (Lipinski definition) is 13. The minimum absolute atomic E-state index is 0.00265. The zero-order chi connectivity index (χ0) is 27.4. The highest BCUT2D eigenvalue weighted by Gasteiger charge is 2.53. The molecule has 2 aromatic heterocycles. The number of aromatic nitrogens is 4. The summed E-state index contributed by atoms with van der Waals surface area (Å²) >= 11 is 5.39. The molecule has 0 saturated carbocycles. The smallest absolute Gasteiger partial charge is 0.303 e. The highest BCUT2D eigenvalue weighted by molar-refractivity contribution is 7.71. The second-order valence-electron chi connectivity index (χ2n) is 8.01. The zero-order valence-corrected chi connectivity index (χ0v) is 21.3. The molecule has 2 N–H and O–H groups in total. The molecule has 3 heterocycles. The Kier molecular flexibility index (Phi) is 8.54. The fraction of sp³-hybridized carbons (Fsp3) is 0.524. The number of ether oxygens (including phenoxy) is 5. The van der Waals surface area contributed by atoms with Gasteiger partial charge in [-0.3, -0.25) is 33.9 Å². The first kappa shape index (κ1) is 27.7. The van der Waals surface area contributed by atoms with Crippen LogP contribution in [0.5, 0.6) is 0 Å². The number of fused-ring (bicyclic) bond motifs is 1. The van der Waals surface area contributed by atoms with Crippen LogP contribution < -0.4 is 5.32 Å². The van der Waals surface area contributed by atoms with E-state index in [1.165, 1.54) is 24.7 Å². The summed E-state index contributed by atoms with van der Waals surface area (Å²) in [6.45, 7) is 5.46. The van der Waals surface area contributed by atoms with E-state index in [-0.39, 0.29) is 21.8 Å². The molecule has 1 amide bonds. The quantitative estimate of drug-likeness (QED) is 0.284. The molecule has 1 aliphatic heterocycles. The maximum Gasteiger partial charge on any atom is 0.303 e. The van der Waals surface area contributed by atoms with Crippen LogP contribution in [0.1, 0.15) is 40.8 Å². The van der Waals surface area contributed by atoms with E-state index in [1.54, 1.807) is 0 Å². The van der Waals surface area contributed by atoms with E-state index in [0.717, 1.165) is 20.8 Å². The van der Waals surface area contributed by atoms with Crippen molar-refractivity contribution < 1.29 is 47.7 Å². The molecule has 1 aliphatic rings. The summed E-state index contributed by atoms with van der Waals surface area (Å²) in [6, 6.07) is 0. The number of nitrogens with zero attached hydrogens (tertiary/aromatic N) is 3. The molecule has 0 radical (unpaired) electrons. The number of carbonyl (C=O) groups is 5. The number of aromatic amines is 1. The first-order valence-electron chi connectivity index (χ1n) is 10.9. The van der Waals surface area contributed by atoms with Crippen molar-refractivity contribution in [3.8, 4) is 0 Å². The number of carbonyl (C=O) groups excluding carboxylic acids is 5. The van der Waals surface area contributed by atoms with E-state index < -0.39 is 67.0 Å². The van der Waals surface area contributed by atoms with Crippen LogP contribution in [0.3, 0.4) is 0 Å². The molecule has 200 valence electrons. The van der Waals surface area contributed by atoms with Gasteiger partial charge in [0.2, 0.25) is 11.9 Å². The van der Waals surface area contributed by atoms with Gasteiger partial charge in [0.25, 0.3) is 0 Å². The van der Waals surface area contributed by atoms with Crippen molar-refractivity contribution in [2.24, 2.45) is 0 Å². The number of nitrogens with one attached hydrogen (secondary N) is 2. The number of anilines is 1. The summed E-state index contributed by atoms with van der Waals surface area (Å²) in [5.41, 5.74) is 0.432. The van der Waals surface area contributed by atoms with Crippen LogP contribution in [0, 0.1) is 4.64 Å². The van der Waals surface area contributed by atoms with Crippen molar-refractivity contribution >= 4 is 59.1 Å². The van der Waals surface area contributed by atoms with E-state index in [4.69, 9.17) is 35.9 Å². The number of hydrogen-bond donors (Lipinski definition) is 2. The maximum absolute atomic E-state index is 12.1. The molecular weight excluding hydrogens is 514 g/mol. The topological polar surface area (TPSA) is 190 Å². The van der Waals surface area contributed by atoms with E-state index in [0.29, 0.717) is 0 Å². The molecule has 15 nitrogen and oxygen atoms in total. The molecule has 0 bridgehead atoms. The van der Waals surface area contributed by atoms with Gasteiger partial charge in [-0.15, -0.1) is 0 Å². The molecule has 2 aromatic rings. The van der Waals surface area contributed by atoms with Gasteiger partial charge in [0.1, 0.15) is 18.2 Å². The molecule has 1 fully saturated rings. The van der Waals surface area contributed by atoms with Crippen molar-refractivity contribution in [3.63, 3.8) is 0 Å². The molecule has 16 heteroatoms. The number of rotatable bonds is 7. The molecule has 5 atom stereocenters. The van der Waals surface area contributed by atoms with Crippen LogP contribution in [0.25, 0.3) is 11.2 Å². The summed E-state index contributed by atoms with van der Waals surface area (Å²) in [5, 5.41) is 2.47. The number of H-pyrrole nitrogens is 1. The van der Waals surface area contributed by atoms with Crippen molar-refractivity contribution in [1.82, 2.24) is 19.5 Å². The predicted molar refractivity (Wildman–Crippen MR) is 124 cm³/mol. The Labute approximate surface area is 214 Å². The van der Waals surface area contributed by atoms with Crippen LogP contribution in [-0.2, 0) is 47.7 Å². The van der Waals surface area contributed by atoms with E-state index >= 15 is 0 Å². The van der Waals surface area contributed by atoms with Gasteiger partial charge in [-0.05, 0) is 0 Å². The normalized spacial score (nSPS) is 23.1. The van der Waals surface area contributed by atoms with Gasteiger partial charge >= 0.3 is 23.9 Å². The Morgan fingerprint density at radius 3 is 2.14 bits per heavy atom. The summed E-state index contributed by atoms with van der Waals surface area (Å²) in [6.07, 6.45) is -5.15. The molecule has 0 unspecified atom stereocenters. The molecule has 0 spiro atoms. The largest absolute Gasteiger partial charge is 0.463 e.